The first-order valence-electron chi connectivity index (χ1n) is 7.72. The summed E-state index contributed by atoms with van der Waals surface area (Å²) in [6.07, 6.45) is -1.27. The molecule has 1 N–H and O–H groups in total. The van der Waals surface area contributed by atoms with Gasteiger partial charge in [-0.05, 0) is 36.9 Å². The van der Waals surface area contributed by atoms with Crippen LogP contribution < -0.4 is 5.32 Å². The Morgan fingerprint density at radius 2 is 1.81 bits per heavy atom. The molecule has 1 atom stereocenters. The van der Waals surface area contributed by atoms with E-state index in [0.29, 0.717) is 16.5 Å². The van der Waals surface area contributed by atoms with Gasteiger partial charge in [-0.1, -0.05) is 19.1 Å². The van der Waals surface area contributed by atoms with Crippen molar-refractivity contribution in [2.24, 2.45) is 0 Å². The normalized spacial score (nSPS) is 11.7. The van der Waals surface area contributed by atoms with Gasteiger partial charge in [0.05, 0.1) is 11.3 Å². The zero-order valence-corrected chi connectivity index (χ0v) is 14.8. The Morgan fingerprint density at radius 3 is 2.50 bits per heavy atom. The molecule has 0 bridgehead atoms. The second-order valence-electron chi connectivity index (χ2n) is 5.19. The Hall–Kier alpha value is -2.48. The van der Waals surface area contributed by atoms with Crippen LogP contribution in [0, 0.1) is 17.5 Å². The Balaban J connectivity index is 2.08. The van der Waals surface area contributed by atoms with Crippen molar-refractivity contribution >= 4 is 29.3 Å². The van der Waals surface area contributed by atoms with Crippen molar-refractivity contribution in [3.8, 4) is 0 Å². The van der Waals surface area contributed by atoms with Crippen LogP contribution in [0.1, 0.15) is 24.2 Å². The number of thioether (sulfide) groups is 1. The molecule has 8 heteroatoms. The standard InChI is InChI=1S/C18H16F3NO3S/c1-3-26-14-7-5-4-6-11(14)18(24)25-10(2)17(23)22-13-9-8-12(19)15(20)16(13)21/h4-10H,3H2,1-2H3,(H,22,23)/t10-/m1/s1. The molecule has 4 nitrogen and oxygen atoms in total. The average molecular weight is 383 g/mol. The maximum atomic E-state index is 13.6. The molecule has 2 rings (SSSR count). The van der Waals surface area contributed by atoms with Gasteiger partial charge in [0.15, 0.2) is 23.6 Å². The number of esters is 1. The van der Waals surface area contributed by atoms with Gasteiger partial charge in [0.2, 0.25) is 0 Å². The molecule has 2 aromatic carbocycles. The summed E-state index contributed by atoms with van der Waals surface area (Å²) in [7, 11) is 0. The van der Waals surface area contributed by atoms with Crippen LogP contribution in [0.2, 0.25) is 0 Å². The molecular formula is C18H16F3NO3S. The fraction of sp³-hybridized carbons (Fsp3) is 0.222. The number of rotatable bonds is 6. The van der Waals surface area contributed by atoms with Crippen LogP contribution in [0.5, 0.6) is 0 Å². The zero-order chi connectivity index (χ0) is 19.3. The topological polar surface area (TPSA) is 55.4 Å². The van der Waals surface area contributed by atoms with E-state index in [1.165, 1.54) is 18.7 Å². The van der Waals surface area contributed by atoms with Gasteiger partial charge in [-0.15, -0.1) is 11.8 Å². The molecule has 0 fully saturated rings. The van der Waals surface area contributed by atoms with Gasteiger partial charge < -0.3 is 10.1 Å². The number of halogens is 3. The summed E-state index contributed by atoms with van der Waals surface area (Å²) in [5.74, 6) is -5.43. The quantitative estimate of drug-likeness (QED) is 0.456. The summed E-state index contributed by atoms with van der Waals surface area (Å²) >= 11 is 1.45. The maximum absolute atomic E-state index is 13.6. The third-order valence-corrected chi connectivity index (χ3v) is 4.31. The van der Waals surface area contributed by atoms with Gasteiger partial charge in [0.25, 0.3) is 5.91 Å². The van der Waals surface area contributed by atoms with E-state index >= 15 is 0 Å². The van der Waals surface area contributed by atoms with Crippen molar-refractivity contribution in [2.75, 3.05) is 11.1 Å². The molecule has 0 spiro atoms. The third kappa shape index (κ3) is 4.57. The van der Waals surface area contributed by atoms with Gasteiger partial charge in [-0.25, -0.2) is 18.0 Å². The molecule has 26 heavy (non-hydrogen) atoms. The van der Waals surface area contributed by atoms with E-state index in [0.717, 1.165) is 11.8 Å². The Labute approximate surface area is 152 Å². The van der Waals surface area contributed by atoms with Crippen LogP contribution in [-0.4, -0.2) is 23.7 Å². The Bertz CT molecular complexity index is 829. The monoisotopic (exact) mass is 383 g/mol. The molecule has 0 radical (unpaired) electrons. The van der Waals surface area contributed by atoms with Gasteiger partial charge >= 0.3 is 5.97 Å². The Morgan fingerprint density at radius 1 is 1.12 bits per heavy atom. The van der Waals surface area contributed by atoms with Gasteiger partial charge in [-0.3, -0.25) is 4.79 Å². The van der Waals surface area contributed by atoms with Crippen molar-refractivity contribution < 1.29 is 27.5 Å². The SMILES string of the molecule is CCSc1ccccc1C(=O)O[C@H](C)C(=O)Nc1ccc(F)c(F)c1F. The summed E-state index contributed by atoms with van der Waals surface area (Å²) in [6.45, 7) is 3.22. The minimum Gasteiger partial charge on any atom is -0.449 e. The van der Waals surface area contributed by atoms with Crippen molar-refractivity contribution in [3.63, 3.8) is 0 Å². The second-order valence-corrected chi connectivity index (χ2v) is 6.49. The van der Waals surface area contributed by atoms with Crippen LogP contribution in [-0.2, 0) is 9.53 Å². The highest BCUT2D eigenvalue weighted by Gasteiger charge is 2.23. The molecule has 2 aromatic rings. The minimum absolute atomic E-state index is 0.304. The number of benzene rings is 2. The molecule has 0 aromatic heterocycles. The second kappa shape index (κ2) is 8.75. The number of anilines is 1. The number of nitrogens with one attached hydrogen (secondary N) is 1. The average Bonchev–Trinajstić information content (AvgIpc) is 2.62. The molecule has 1 amide bonds. The lowest BCUT2D eigenvalue weighted by Gasteiger charge is -2.15. The van der Waals surface area contributed by atoms with E-state index in [4.69, 9.17) is 4.74 Å². The highest BCUT2D eigenvalue weighted by molar-refractivity contribution is 7.99. The molecule has 0 saturated heterocycles. The largest absolute Gasteiger partial charge is 0.449 e. The van der Waals surface area contributed by atoms with E-state index in [1.807, 2.05) is 6.92 Å². The van der Waals surface area contributed by atoms with Crippen LogP contribution in [0.4, 0.5) is 18.9 Å². The summed E-state index contributed by atoms with van der Waals surface area (Å²) < 4.78 is 44.8. The number of amides is 1. The van der Waals surface area contributed by atoms with E-state index in [1.54, 1.807) is 24.3 Å². The summed E-state index contributed by atoms with van der Waals surface area (Å²) in [5.41, 5.74) is -0.239. The molecule has 0 aliphatic carbocycles. The first kappa shape index (κ1) is 19.8. The molecule has 0 heterocycles. The smallest absolute Gasteiger partial charge is 0.340 e. The van der Waals surface area contributed by atoms with Crippen molar-refractivity contribution in [2.45, 2.75) is 24.8 Å². The van der Waals surface area contributed by atoms with E-state index < -0.39 is 41.1 Å². The molecule has 0 saturated carbocycles. The van der Waals surface area contributed by atoms with Gasteiger partial charge in [0.1, 0.15) is 0 Å². The first-order valence-corrected chi connectivity index (χ1v) is 8.70. The minimum atomic E-state index is -1.70. The maximum Gasteiger partial charge on any atom is 0.340 e. The van der Waals surface area contributed by atoms with Crippen LogP contribution in [0.25, 0.3) is 0 Å². The highest BCUT2D eigenvalue weighted by atomic mass is 32.2. The number of hydrogen-bond acceptors (Lipinski definition) is 4. The first-order chi connectivity index (χ1) is 12.3. The van der Waals surface area contributed by atoms with Crippen molar-refractivity contribution in [1.29, 1.82) is 0 Å². The lowest BCUT2D eigenvalue weighted by molar-refractivity contribution is -0.123. The van der Waals surface area contributed by atoms with E-state index in [9.17, 15) is 22.8 Å². The number of carbonyl (C=O) groups excluding carboxylic acids is 2. The zero-order valence-electron chi connectivity index (χ0n) is 14.0. The summed E-state index contributed by atoms with van der Waals surface area (Å²) in [4.78, 5) is 25.0. The lowest BCUT2D eigenvalue weighted by atomic mass is 10.2. The van der Waals surface area contributed by atoms with Crippen LogP contribution in [0.3, 0.4) is 0 Å². The molecule has 0 aliphatic rings. The summed E-state index contributed by atoms with van der Waals surface area (Å²) in [5, 5.41) is 2.07. The van der Waals surface area contributed by atoms with Crippen molar-refractivity contribution in [1.82, 2.24) is 0 Å². The predicted molar refractivity (Wildman–Crippen MR) is 92.7 cm³/mol. The molecular weight excluding hydrogens is 367 g/mol. The van der Waals surface area contributed by atoms with Crippen LogP contribution in [0.15, 0.2) is 41.3 Å². The predicted octanol–water partition coefficient (Wildman–Crippen LogP) is 4.40. The molecule has 138 valence electrons. The van der Waals surface area contributed by atoms with Gasteiger partial charge in [0, 0.05) is 4.90 Å². The van der Waals surface area contributed by atoms with Crippen LogP contribution >= 0.6 is 11.8 Å². The van der Waals surface area contributed by atoms with Crippen molar-refractivity contribution in [3.05, 3.63) is 59.4 Å². The number of hydrogen-bond donors (Lipinski definition) is 1. The number of ether oxygens (including phenoxy) is 1. The highest BCUT2D eigenvalue weighted by Crippen LogP contribution is 2.24. The van der Waals surface area contributed by atoms with Gasteiger partial charge in [-0.2, -0.15) is 0 Å². The number of carbonyl (C=O) groups is 2. The third-order valence-electron chi connectivity index (χ3n) is 3.35. The fourth-order valence-electron chi connectivity index (χ4n) is 2.05. The van der Waals surface area contributed by atoms with E-state index in [-0.39, 0.29) is 0 Å². The lowest BCUT2D eigenvalue weighted by Crippen LogP contribution is -2.30. The summed E-state index contributed by atoms with van der Waals surface area (Å²) in [6, 6.07) is 8.33. The van der Waals surface area contributed by atoms with E-state index in [2.05, 4.69) is 5.32 Å². The Kier molecular flexibility index (Phi) is 6.68. The fourth-order valence-corrected chi connectivity index (χ4v) is 2.84. The molecule has 0 unspecified atom stereocenters. The molecule has 0 aliphatic heterocycles.